The maximum atomic E-state index is 13.2. The van der Waals surface area contributed by atoms with Gasteiger partial charge in [-0.25, -0.2) is 14.4 Å². The number of pyridine rings is 1. The number of aromatic nitrogens is 3. The smallest absolute Gasteiger partial charge is 0.150 e. The van der Waals surface area contributed by atoms with Crippen LogP contribution in [0.1, 0.15) is 0 Å². The Labute approximate surface area is 84.6 Å². The van der Waals surface area contributed by atoms with Crippen molar-refractivity contribution in [3.05, 3.63) is 41.8 Å². The third-order valence-corrected chi connectivity index (χ3v) is 1.89. The Hall–Kier alpha value is -1.55. The highest BCUT2D eigenvalue weighted by Gasteiger charge is 2.05. The summed E-state index contributed by atoms with van der Waals surface area (Å²) < 4.78 is 13.2. The molecule has 0 aliphatic carbocycles. The molecule has 0 fully saturated rings. The summed E-state index contributed by atoms with van der Waals surface area (Å²) in [6.07, 6.45) is 3.91. The number of hydrogen-bond donors (Lipinski definition) is 0. The topological polar surface area (TPSA) is 38.7 Å². The molecule has 2 aromatic rings. The van der Waals surface area contributed by atoms with Gasteiger partial charge < -0.3 is 0 Å². The Kier molecular flexibility index (Phi) is 2.37. The molecular weight excluding hydrogens is 205 g/mol. The molecule has 0 N–H and O–H groups in total. The van der Waals surface area contributed by atoms with E-state index in [0.29, 0.717) is 11.3 Å². The molecular formula is C9H5ClFN3. The highest BCUT2D eigenvalue weighted by atomic mass is 35.5. The van der Waals surface area contributed by atoms with Gasteiger partial charge in [0.2, 0.25) is 0 Å². The third kappa shape index (κ3) is 1.70. The molecule has 70 valence electrons. The molecule has 2 heterocycles. The van der Waals surface area contributed by atoms with E-state index < -0.39 is 5.82 Å². The fraction of sp³-hybridized carbons (Fsp3) is 0. The molecule has 0 saturated carbocycles. The summed E-state index contributed by atoms with van der Waals surface area (Å²) >= 11 is 5.66. The zero-order valence-corrected chi connectivity index (χ0v) is 7.74. The van der Waals surface area contributed by atoms with Gasteiger partial charge in [-0.1, -0.05) is 11.6 Å². The molecule has 3 nitrogen and oxygen atoms in total. The van der Waals surface area contributed by atoms with Crippen molar-refractivity contribution in [3.63, 3.8) is 0 Å². The lowest BCUT2D eigenvalue weighted by atomic mass is 10.2. The van der Waals surface area contributed by atoms with Crippen LogP contribution in [0.2, 0.25) is 5.15 Å². The highest BCUT2D eigenvalue weighted by molar-refractivity contribution is 6.29. The second kappa shape index (κ2) is 3.67. The molecule has 0 radical (unpaired) electrons. The Morgan fingerprint density at radius 3 is 2.86 bits per heavy atom. The van der Waals surface area contributed by atoms with Crippen LogP contribution in [0.15, 0.2) is 30.9 Å². The van der Waals surface area contributed by atoms with Crippen LogP contribution < -0.4 is 0 Å². The number of nitrogens with zero attached hydrogens (tertiary/aromatic N) is 3. The molecule has 0 aliphatic rings. The van der Waals surface area contributed by atoms with E-state index in [9.17, 15) is 4.39 Å². The molecule has 2 aromatic heterocycles. The minimum atomic E-state index is -0.428. The molecule has 0 aliphatic heterocycles. The largest absolute Gasteiger partial charge is 0.262 e. The maximum absolute atomic E-state index is 13.2. The summed E-state index contributed by atoms with van der Waals surface area (Å²) in [6, 6.07) is 3.04. The fourth-order valence-electron chi connectivity index (χ4n) is 1.06. The van der Waals surface area contributed by atoms with Crippen LogP contribution >= 0.6 is 11.6 Å². The van der Waals surface area contributed by atoms with Crippen molar-refractivity contribution >= 4 is 11.6 Å². The Balaban J connectivity index is 2.55. The van der Waals surface area contributed by atoms with E-state index in [1.54, 1.807) is 0 Å². The second-order valence-corrected chi connectivity index (χ2v) is 2.97. The van der Waals surface area contributed by atoms with Crippen LogP contribution in [-0.4, -0.2) is 15.0 Å². The van der Waals surface area contributed by atoms with Gasteiger partial charge in [0.15, 0.2) is 5.82 Å². The SMILES string of the molecule is Fc1cnccc1-c1cc(Cl)ncn1. The predicted molar refractivity (Wildman–Crippen MR) is 50.2 cm³/mol. The van der Waals surface area contributed by atoms with Crippen molar-refractivity contribution in [2.24, 2.45) is 0 Å². The first-order valence-electron chi connectivity index (χ1n) is 3.85. The van der Waals surface area contributed by atoms with Crippen LogP contribution in [0.4, 0.5) is 4.39 Å². The van der Waals surface area contributed by atoms with Gasteiger partial charge in [0.05, 0.1) is 11.9 Å². The monoisotopic (exact) mass is 209 g/mol. The summed E-state index contributed by atoms with van der Waals surface area (Å²) in [5.41, 5.74) is 0.814. The van der Waals surface area contributed by atoms with Crippen LogP contribution in [0, 0.1) is 5.82 Å². The average molecular weight is 210 g/mol. The van der Waals surface area contributed by atoms with Crippen molar-refractivity contribution in [2.75, 3.05) is 0 Å². The van der Waals surface area contributed by atoms with Crippen LogP contribution in [0.25, 0.3) is 11.3 Å². The number of halogens is 2. The van der Waals surface area contributed by atoms with E-state index in [0.717, 1.165) is 6.20 Å². The Bertz CT molecular complexity index is 461. The summed E-state index contributed by atoms with van der Waals surface area (Å²) in [6.45, 7) is 0. The predicted octanol–water partition coefficient (Wildman–Crippen LogP) is 2.33. The van der Waals surface area contributed by atoms with Crippen LogP contribution in [0.5, 0.6) is 0 Å². The van der Waals surface area contributed by atoms with Gasteiger partial charge in [-0.15, -0.1) is 0 Å². The molecule has 0 atom stereocenters. The Morgan fingerprint density at radius 1 is 1.29 bits per heavy atom. The first-order valence-corrected chi connectivity index (χ1v) is 4.22. The first-order chi connectivity index (χ1) is 6.77. The van der Waals surface area contributed by atoms with Crippen molar-refractivity contribution in [1.82, 2.24) is 15.0 Å². The average Bonchev–Trinajstić information content (AvgIpc) is 2.18. The van der Waals surface area contributed by atoms with Crippen LogP contribution in [-0.2, 0) is 0 Å². The lowest BCUT2D eigenvalue weighted by Gasteiger charge is -2.00. The van der Waals surface area contributed by atoms with Gasteiger partial charge in [0.25, 0.3) is 0 Å². The van der Waals surface area contributed by atoms with Gasteiger partial charge in [0.1, 0.15) is 11.5 Å². The zero-order valence-electron chi connectivity index (χ0n) is 6.98. The lowest BCUT2D eigenvalue weighted by molar-refractivity contribution is 0.624. The van der Waals surface area contributed by atoms with E-state index in [-0.39, 0.29) is 5.15 Å². The molecule has 0 spiro atoms. The van der Waals surface area contributed by atoms with Crippen molar-refractivity contribution in [2.45, 2.75) is 0 Å². The third-order valence-electron chi connectivity index (χ3n) is 1.68. The maximum Gasteiger partial charge on any atom is 0.150 e. The molecule has 0 saturated heterocycles. The highest BCUT2D eigenvalue weighted by Crippen LogP contribution is 2.20. The minimum Gasteiger partial charge on any atom is -0.262 e. The molecule has 0 bridgehead atoms. The van der Waals surface area contributed by atoms with Gasteiger partial charge in [-0.2, -0.15) is 0 Å². The second-order valence-electron chi connectivity index (χ2n) is 2.58. The lowest BCUT2D eigenvalue weighted by Crippen LogP contribution is -1.89. The standard InChI is InChI=1S/C9H5ClFN3/c10-9-3-8(13-5-14-9)6-1-2-12-4-7(6)11/h1-5H. The summed E-state index contributed by atoms with van der Waals surface area (Å²) in [5, 5.41) is 0.284. The van der Waals surface area contributed by atoms with Gasteiger partial charge in [-0.05, 0) is 6.07 Å². The van der Waals surface area contributed by atoms with Gasteiger partial charge >= 0.3 is 0 Å². The van der Waals surface area contributed by atoms with E-state index in [2.05, 4.69) is 15.0 Å². The molecule has 0 amide bonds. The normalized spacial score (nSPS) is 10.1. The molecule has 5 heteroatoms. The van der Waals surface area contributed by atoms with Gasteiger partial charge in [-0.3, -0.25) is 4.98 Å². The summed E-state index contributed by atoms with van der Waals surface area (Å²) in [4.78, 5) is 11.3. The first kappa shape index (κ1) is 9.02. The van der Waals surface area contributed by atoms with E-state index in [4.69, 9.17) is 11.6 Å². The minimum absolute atomic E-state index is 0.284. The van der Waals surface area contributed by atoms with E-state index in [1.165, 1.54) is 24.7 Å². The molecule has 0 aromatic carbocycles. The van der Waals surface area contributed by atoms with Crippen molar-refractivity contribution in [3.8, 4) is 11.3 Å². The molecule has 0 unspecified atom stereocenters. The fourth-order valence-corrected chi connectivity index (χ4v) is 1.21. The number of rotatable bonds is 1. The quantitative estimate of drug-likeness (QED) is 0.677. The summed E-state index contributed by atoms with van der Waals surface area (Å²) in [5.74, 6) is -0.428. The summed E-state index contributed by atoms with van der Waals surface area (Å²) in [7, 11) is 0. The van der Waals surface area contributed by atoms with Crippen molar-refractivity contribution < 1.29 is 4.39 Å². The zero-order chi connectivity index (χ0) is 9.97. The Morgan fingerprint density at radius 2 is 2.14 bits per heavy atom. The molecule has 2 rings (SSSR count). The number of hydrogen-bond acceptors (Lipinski definition) is 3. The van der Waals surface area contributed by atoms with E-state index in [1.807, 2.05) is 0 Å². The molecule has 14 heavy (non-hydrogen) atoms. The van der Waals surface area contributed by atoms with Crippen molar-refractivity contribution in [1.29, 1.82) is 0 Å². The van der Waals surface area contributed by atoms with E-state index >= 15 is 0 Å². The van der Waals surface area contributed by atoms with Gasteiger partial charge in [0, 0.05) is 17.8 Å². The van der Waals surface area contributed by atoms with Crippen LogP contribution in [0.3, 0.4) is 0 Å².